The van der Waals surface area contributed by atoms with E-state index < -0.39 is 4.92 Å². The molecule has 1 aromatic rings. The molecule has 0 amide bonds. The van der Waals surface area contributed by atoms with Gasteiger partial charge in [0, 0.05) is 31.4 Å². The molecule has 0 saturated heterocycles. The van der Waals surface area contributed by atoms with E-state index >= 15 is 0 Å². The lowest BCUT2D eigenvalue weighted by atomic mass is 10.2. The zero-order valence-corrected chi connectivity index (χ0v) is 13.8. The van der Waals surface area contributed by atoms with Gasteiger partial charge in [0.25, 0.3) is 0 Å². The van der Waals surface area contributed by atoms with E-state index in [2.05, 4.69) is 58.8 Å². The van der Waals surface area contributed by atoms with Crippen LogP contribution < -0.4 is 5.32 Å². The molecule has 1 heterocycles. The first kappa shape index (κ1) is 16.8. The SMILES string of the molecule is CC(C)N(CCNc1c(Br)cncc1[N+](=O)[O-])C(C)C. The number of aromatic nitrogens is 1. The van der Waals surface area contributed by atoms with Crippen LogP contribution in [0.4, 0.5) is 11.4 Å². The molecule has 7 heteroatoms. The summed E-state index contributed by atoms with van der Waals surface area (Å²) in [6.45, 7) is 10.0. The van der Waals surface area contributed by atoms with Crippen LogP contribution in [0.25, 0.3) is 0 Å². The number of pyridine rings is 1. The Morgan fingerprint density at radius 2 is 1.95 bits per heavy atom. The lowest BCUT2D eigenvalue weighted by Gasteiger charge is -2.30. The van der Waals surface area contributed by atoms with E-state index in [0.717, 1.165) is 6.54 Å². The maximum Gasteiger partial charge on any atom is 0.311 e. The molecular weight excluding hydrogens is 324 g/mol. The molecule has 0 saturated carbocycles. The van der Waals surface area contributed by atoms with Crippen LogP contribution in [0.5, 0.6) is 0 Å². The Morgan fingerprint density at radius 1 is 1.35 bits per heavy atom. The van der Waals surface area contributed by atoms with Crippen LogP contribution in [0.2, 0.25) is 0 Å². The molecule has 0 spiro atoms. The maximum atomic E-state index is 11.0. The third-order valence-corrected chi connectivity index (χ3v) is 3.68. The summed E-state index contributed by atoms with van der Waals surface area (Å²) in [5.74, 6) is 0. The number of anilines is 1. The minimum atomic E-state index is -0.428. The molecule has 1 aromatic heterocycles. The first-order valence-corrected chi connectivity index (χ1v) is 7.41. The van der Waals surface area contributed by atoms with E-state index in [-0.39, 0.29) is 5.69 Å². The van der Waals surface area contributed by atoms with Gasteiger partial charge in [0.05, 0.1) is 9.40 Å². The number of nitro groups is 1. The summed E-state index contributed by atoms with van der Waals surface area (Å²) in [7, 11) is 0. The van der Waals surface area contributed by atoms with Gasteiger partial charge in [0.2, 0.25) is 0 Å². The molecule has 0 aliphatic heterocycles. The molecule has 1 rings (SSSR count). The van der Waals surface area contributed by atoms with Crippen molar-refractivity contribution in [3.05, 3.63) is 27.0 Å². The van der Waals surface area contributed by atoms with Gasteiger partial charge in [-0.2, -0.15) is 0 Å². The lowest BCUT2D eigenvalue weighted by Crippen LogP contribution is -2.40. The first-order valence-electron chi connectivity index (χ1n) is 6.62. The van der Waals surface area contributed by atoms with Crippen molar-refractivity contribution >= 4 is 27.3 Å². The molecule has 0 aromatic carbocycles. The topological polar surface area (TPSA) is 71.3 Å². The van der Waals surface area contributed by atoms with Gasteiger partial charge >= 0.3 is 5.69 Å². The van der Waals surface area contributed by atoms with E-state index in [4.69, 9.17) is 0 Å². The third kappa shape index (κ3) is 4.42. The highest BCUT2D eigenvalue weighted by atomic mass is 79.9. The Kier molecular flexibility index (Phi) is 6.35. The van der Waals surface area contributed by atoms with Crippen LogP contribution in [0, 0.1) is 10.1 Å². The fraction of sp³-hybridized carbons (Fsp3) is 0.615. The van der Waals surface area contributed by atoms with Crippen molar-refractivity contribution in [1.29, 1.82) is 0 Å². The van der Waals surface area contributed by atoms with Crippen molar-refractivity contribution < 1.29 is 4.92 Å². The maximum absolute atomic E-state index is 11.0. The molecule has 0 atom stereocenters. The highest BCUT2D eigenvalue weighted by Gasteiger charge is 2.18. The largest absolute Gasteiger partial charge is 0.377 e. The summed E-state index contributed by atoms with van der Waals surface area (Å²) in [6, 6.07) is 0.875. The van der Waals surface area contributed by atoms with E-state index in [1.54, 1.807) is 6.20 Å². The molecule has 6 nitrogen and oxygen atoms in total. The standard InChI is InChI=1S/C13H21BrN4O2/c1-9(2)17(10(3)4)6-5-16-13-11(14)7-15-8-12(13)18(19)20/h7-10H,5-6H2,1-4H3,(H,15,16). The molecule has 112 valence electrons. The van der Waals surface area contributed by atoms with Crippen LogP contribution in [0.15, 0.2) is 16.9 Å². The van der Waals surface area contributed by atoms with E-state index in [1.165, 1.54) is 6.20 Å². The normalized spacial score (nSPS) is 11.4. The lowest BCUT2D eigenvalue weighted by molar-refractivity contribution is -0.384. The molecule has 0 fully saturated rings. The Hall–Kier alpha value is -1.21. The molecule has 20 heavy (non-hydrogen) atoms. The number of nitrogens with zero attached hydrogens (tertiary/aromatic N) is 3. The third-order valence-electron chi connectivity index (χ3n) is 3.07. The Morgan fingerprint density at radius 3 is 2.45 bits per heavy atom. The van der Waals surface area contributed by atoms with Gasteiger partial charge in [-0.3, -0.25) is 20.0 Å². The summed E-state index contributed by atoms with van der Waals surface area (Å²) in [4.78, 5) is 16.7. The summed E-state index contributed by atoms with van der Waals surface area (Å²) >= 11 is 3.30. The van der Waals surface area contributed by atoms with Crippen LogP contribution in [0.3, 0.4) is 0 Å². The molecule has 1 N–H and O–H groups in total. The summed E-state index contributed by atoms with van der Waals surface area (Å²) in [5, 5.41) is 14.1. The van der Waals surface area contributed by atoms with Gasteiger partial charge in [-0.05, 0) is 43.6 Å². The van der Waals surface area contributed by atoms with E-state index in [9.17, 15) is 10.1 Å². The van der Waals surface area contributed by atoms with Crippen LogP contribution in [-0.2, 0) is 0 Å². The monoisotopic (exact) mass is 344 g/mol. The summed E-state index contributed by atoms with van der Waals surface area (Å²) < 4.78 is 0.604. The van der Waals surface area contributed by atoms with Gasteiger partial charge in [-0.25, -0.2) is 0 Å². The number of hydrogen-bond donors (Lipinski definition) is 1. The highest BCUT2D eigenvalue weighted by molar-refractivity contribution is 9.10. The molecule has 0 bridgehead atoms. The summed E-state index contributed by atoms with van der Waals surface area (Å²) in [6.07, 6.45) is 2.81. The van der Waals surface area contributed by atoms with Crippen LogP contribution in [0.1, 0.15) is 27.7 Å². The second-order valence-electron chi connectivity index (χ2n) is 5.12. The van der Waals surface area contributed by atoms with E-state index in [1.807, 2.05) is 0 Å². The number of halogens is 1. The van der Waals surface area contributed by atoms with Gasteiger partial charge in [-0.15, -0.1) is 0 Å². The zero-order chi connectivity index (χ0) is 15.3. The van der Waals surface area contributed by atoms with Gasteiger partial charge < -0.3 is 5.32 Å². The fourth-order valence-electron chi connectivity index (χ4n) is 2.16. The Bertz CT molecular complexity index is 458. The average molecular weight is 345 g/mol. The predicted molar refractivity (Wildman–Crippen MR) is 84.1 cm³/mol. The predicted octanol–water partition coefficient (Wildman–Crippen LogP) is 3.28. The van der Waals surface area contributed by atoms with E-state index in [0.29, 0.717) is 28.8 Å². The van der Waals surface area contributed by atoms with Crippen molar-refractivity contribution in [2.24, 2.45) is 0 Å². The number of nitrogens with one attached hydrogen (secondary N) is 1. The minimum Gasteiger partial charge on any atom is -0.377 e. The molecule has 0 radical (unpaired) electrons. The number of hydrogen-bond acceptors (Lipinski definition) is 5. The zero-order valence-electron chi connectivity index (χ0n) is 12.3. The van der Waals surface area contributed by atoms with Crippen LogP contribution >= 0.6 is 15.9 Å². The molecule has 0 aliphatic carbocycles. The van der Waals surface area contributed by atoms with Crippen LogP contribution in [-0.4, -0.2) is 40.0 Å². The number of rotatable bonds is 7. The van der Waals surface area contributed by atoms with Crippen molar-refractivity contribution in [3.8, 4) is 0 Å². The highest BCUT2D eigenvalue weighted by Crippen LogP contribution is 2.30. The second kappa shape index (κ2) is 7.54. The molecular formula is C13H21BrN4O2. The van der Waals surface area contributed by atoms with Gasteiger partial charge in [-0.1, -0.05) is 0 Å². The molecule has 0 unspecified atom stereocenters. The van der Waals surface area contributed by atoms with Crippen molar-refractivity contribution in [3.63, 3.8) is 0 Å². The first-order chi connectivity index (χ1) is 9.34. The Labute approximate surface area is 127 Å². The fourth-order valence-corrected chi connectivity index (χ4v) is 2.62. The average Bonchev–Trinajstić information content (AvgIpc) is 2.34. The quantitative estimate of drug-likeness (QED) is 0.607. The second-order valence-corrected chi connectivity index (χ2v) is 5.98. The smallest absolute Gasteiger partial charge is 0.311 e. The van der Waals surface area contributed by atoms with Gasteiger partial charge in [0.15, 0.2) is 0 Å². The van der Waals surface area contributed by atoms with Crippen molar-refractivity contribution in [1.82, 2.24) is 9.88 Å². The van der Waals surface area contributed by atoms with Crippen molar-refractivity contribution in [2.45, 2.75) is 39.8 Å². The minimum absolute atomic E-state index is 0.0139. The molecule has 0 aliphatic rings. The Balaban J connectivity index is 2.73. The van der Waals surface area contributed by atoms with Gasteiger partial charge in [0.1, 0.15) is 11.9 Å². The summed E-state index contributed by atoms with van der Waals surface area (Å²) in [5.41, 5.74) is 0.470. The van der Waals surface area contributed by atoms with Crippen molar-refractivity contribution in [2.75, 3.05) is 18.4 Å².